The second-order valence-corrected chi connectivity index (χ2v) is 4.98. The fourth-order valence-corrected chi connectivity index (χ4v) is 2.60. The molecule has 1 aliphatic carbocycles. The largest absolute Gasteiger partial charge is 0.481 e. The number of rotatable bonds is 5. The van der Waals surface area contributed by atoms with Crippen LogP contribution in [-0.4, -0.2) is 28.5 Å². The molecule has 2 N–H and O–H groups in total. The highest BCUT2D eigenvalue weighted by atomic mass is 16.4. The van der Waals surface area contributed by atoms with Crippen molar-refractivity contribution in [2.45, 2.75) is 25.7 Å². The van der Waals surface area contributed by atoms with Crippen LogP contribution in [0.4, 0.5) is 0 Å². The molecule has 19 heavy (non-hydrogen) atoms. The molecule has 0 saturated heterocycles. The fraction of sp³-hybridized carbons (Fsp3) is 0.500. The van der Waals surface area contributed by atoms with Crippen LogP contribution in [0, 0.1) is 11.8 Å². The van der Waals surface area contributed by atoms with Gasteiger partial charge in [0.2, 0.25) is 5.91 Å². The lowest BCUT2D eigenvalue weighted by atomic mass is 9.96. The Balaban J connectivity index is 1.79. The third-order valence-corrected chi connectivity index (χ3v) is 3.63. The molecule has 0 aromatic carbocycles. The number of carboxylic acid groups (broad SMARTS) is 1. The number of hydrogen-bond acceptors (Lipinski definition) is 3. The first kappa shape index (κ1) is 13.5. The van der Waals surface area contributed by atoms with Crippen LogP contribution in [0.1, 0.15) is 24.8 Å². The minimum Gasteiger partial charge on any atom is -0.481 e. The molecule has 0 radical (unpaired) electrons. The molecule has 5 nitrogen and oxygen atoms in total. The number of carboxylic acids is 1. The molecule has 1 fully saturated rings. The van der Waals surface area contributed by atoms with Gasteiger partial charge in [-0.05, 0) is 30.4 Å². The molecule has 5 heteroatoms. The van der Waals surface area contributed by atoms with Crippen molar-refractivity contribution < 1.29 is 14.7 Å². The standard InChI is InChI=1S/C14H18N2O3/c17-13(7-10-3-2-6-15-8-10)16-9-11-4-1-5-12(11)14(18)19/h2-3,6,8,11-12H,1,4-5,7,9H2,(H,16,17)(H,18,19). The Bertz CT molecular complexity index is 447. The van der Waals surface area contributed by atoms with E-state index < -0.39 is 5.97 Å². The Morgan fingerprint density at radius 2 is 2.26 bits per heavy atom. The van der Waals surface area contributed by atoms with Crippen molar-refractivity contribution in [1.82, 2.24) is 10.3 Å². The van der Waals surface area contributed by atoms with Gasteiger partial charge in [-0.15, -0.1) is 0 Å². The van der Waals surface area contributed by atoms with Gasteiger partial charge in [-0.25, -0.2) is 0 Å². The van der Waals surface area contributed by atoms with E-state index in [9.17, 15) is 9.59 Å². The van der Waals surface area contributed by atoms with Crippen molar-refractivity contribution >= 4 is 11.9 Å². The topological polar surface area (TPSA) is 79.3 Å². The molecule has 1 heterocycles. The van der Waals surface area contributed by atoms with Crippen LogP contribution in [0.25, 0.3) is 0 Å². The molecule has 2 atom stereocenters. The molecular weight excluding hydrogens is 244 g/mol. The summed E-state index contributed by atoms with van der Waals surface area (Å²) >= 11 is 0. The Morgan fingerprint density at radius 3 is 2.95 bits per heavy atom. The minimum absolute atomic E-state index is 0.0651. The van der Waals surface area contributed by atoms with E-state index in [1.165, 1.54) is 0 Å². The van der Waals surface area contributed by atoms with E-state index in [1.807, 2.05) is 6.07 Å². The van der Waals surface area contributed by atoms with E-state index in [0.717, 1.165) is 24.8 Å². The van der Waals surface area contributed by atoms with Gasteiger partial charge in [0, 0.05) is 18.9 Å². The number of nitrogens with zero attached hydrogens (tertiary/aromatic N) is 1. The zero-order valence-electron chi connectivity index (χ0n) is 10.7. The van der Waals surface area contributed by atoms with Crippen molar-refractivity contribution in [2.24, 2.45) is 11.8 Å². The molecule has 2 rings (SSSR count). The second-order valence-electron chi connectivity index (χ2n) is 4.98. The number of carbonyl (C=O) groups is 2. The first-order valence-electron chi connectivity index (χ1n) is 6.55. The second kappa shape index (κ2) is 6.31. The van der Waals surface area contributed by atoms with E-state index in [2.05, 4.69) is 10.3 Å². The molecule has 0 bridgehead atoms. The smallest absolute Gasteiger partial charge is 0.306 e. The molecule has 1 aliphatic rings. The van der Waals surface area contributed by atoms with Gasteiger partial charge in [-0.1, -0.05) is 12.5 Å². The van der Waals surface area contributed by atoms with Crippen molar-refractivity contribution in [3.05, 3.63) is 30.1 Å². The first-order valence-corrected chi connectivity index (χ1v) is 6.55. The van der Waals surface area contributed by atoms with Crippen molar-refractivity contribution in [3.63, 3.8) is 0 Å². The molecule has 2 unspecified atom stereocenters. The quantitative estimate of drug-likeness (QED) is 0.836. The fourth-order valence-electron chi connectivity index (χ4n) is 2.60. The lowest BCUT2D eigenvalue weighted by Gasteiger charge is -2.16. The average Bonchev–Trinajstić information content (AvgIpc) is 2.86. The van der Waals surface area contributed by atoms with Gasteiger partial charge >= 0.3 is 5.97 Å². The molecule has 1 saturated carbocycles. The van der Waals surface area contributed by atoms with Crippen LogP contribution in [-0.2, 0) is 16.0 Å². The monoisotopic (exact) mass is 262 g/mol. The number of aliphatic carboxylic acids is 1. The number of carbonyl (C=O) groups excluding carboxylic acids is 1. The lowest BCUT2D eigenvalue weighted by molar-refractivity contribution is -0.143. The molecule has 0 aliphatic heterocycles. The summed E-state index contributed by atoms with van der Waals surface area (Å²) in [6, 6.07) is 3.64. The maximum absolute atomic E-state index is 11.8. The maximum atomic E-state index is 11.8. The summed E-state index contributed by atoms with van der Waals surface area (Å²) in [6.45, 7) is 0.454. The van der Waals surface area contributed by atoms with Gasteiger partial charge in [0.05, 0.1) is 12.3 Å². The van der Waals surface area contributed by atoms with Crippen LogP contribution >= 0.6 is 0 Å². The van der Waals surface area contributed by atoms with E-state index in [1.54, 1.807) is 18.5 Å². The van der Waals surface area contributed by atoms with Gasteiger partial charge in [-0.3, -0.25) is 14.6 Å². The third kappa shape index (κ3) is 3.77. The maximum Gasteiger partial charge on any atom is 0.306 e. The van der Waals surface area contributed by atoms with Gasteiger partial charge in [-0.2, -0.15) is 0 Å². The summed E-state index contributed by atoms with van der Waals surface area (Å²) in [5, 5.41) is 11.9. The summed E-state index contributed by atoms with van der Waals surface area (Å²) in [6.07, 6.45) is 6.15. The number of hydrogen-bond donors (Lipinski definition) is 2. The Labute approximate surface area is 112 Å². The Morgan fingerprint density at radius 1 is 1.42 bits per heavy atom. The highest BCUT2D eigenvalue weighted by Gasteiger charge is 2.32. The first-order chi connectivity index (χ1) is 9.16. The summed E-state index contributed by atoms with van der Waals surface area (Å²) in [4.78, 5) is 26.7. The van der Waals surface area contributed by atoms with Crippen molar-refractivity contribution in [3.8, 4) is 0 Å². The molecule has 1 amide bonds. The Hall–Kier alpha value is -1.91. The normalized spacial score (nSPS) is 22.1. The molecule has 1 aromatic heterocycles. The zero-order valence-corrected chi connectivity index (χ0v) is 10.7. The summed E-state index contributed by atoms with van der Waals surface area (Å²) < 4.78 is 0. The zero-order chi connectivity index (χ0) is 13.7. The van der Waals surface area contributed by atoms with Crippen LogP contribution in [0.5, 0.6) is 0 Å². The van der Waals surface area contributed by atoms with Crippen molar-refractivity contribution in [1.29, 1.82) is 0 Å². The minimum atomic E-state index is -0.746. The van der Waals surface area contributed by atoms with Crippen LogP contribution in [0.2, 0.25) is 0 Å². The number of pyridine rings is 1. The lowest BCUT2D eigenvalue weighted by Crippen LogP contribution is -2.33. The molecule has 0 spiro atoms. The van der Waals surface area contributed by atoms with Crippen LogP contribution in [0.3, 0.4) is 0 Å². The third-order valence-electron chi connectivity index (χ3n) is 3.63. The summed E-state index contributed by atoms with van der Waals surface area (Å²) in [5.41, 5.74) is 0.862. The van der Waals surface area contributed by atoms with Crippen molar-refractivity contribution in [2.75, 3.05) is 6.54 Å². The highest BCUT2D eigenvalue weighted by molar-refractivity contribution is 5.78. The highest BCUT2D eigenvalue weighted by Crippen LogP contribution is 2.31. The number of aromatic nitrogens is 1. The average molecular weight is 262 g/mol. The van der Waals surface area contributed by atoms with E-state index >= 15 is 0 Å². The predicted octanol–water partition coefficient (Wildman–Crippen LogP) is 1.24. The Kier molecular flexibility index (Phi) is 4.49. The summed E-state index contributed by atoms with van der Waals surface area (Å²) in [5.74, 6) is -1.07. The number of nitrogens with one attached hydrogen (secondary N) is 1. The van der Waals surface area contributed by atoms with Gasteiger partial charge in [0.1, 0.15) is 0 Å². The molecule has 1 aromatic rings. The van der Waals surface area contributed by atoms with E-state index in [4.69, 9.17) is 5.11 Å². The molecular formula is C14H18N2O3. The van der Waals surface area contributed by atoms with Gasteiger partial charge in [0.25, 0.3) is 0 Å². The SMILES string of the molecule is O=C(Cc1cccnc1)NCC1CCCC1C(=O)O. The predicted molar refractivity (Wildman–Crippen MR) is 69.4 cm³/mol. The van der Waals surface area contributed by atoms with Gasteiger partial charge in [0.15, 0.2) is 0 Å². The van der Waals surface area contributed by atoms with Crippen LogP contribution in [0.15, 0.2) is 24.5 Å². The van der Waals surface area contributed by atoms with E-state index in [-0.39, 0.29) is 24.2 Å². The van der Waals surface area contributed by atoms with Crippen LogP contribution < -0.4 is 5.32 Å². The van der Waals surface area contributed by atoms with Gasteiger partial charge < -0.3 is 10.4 Å². The summed E-state index contributed by atoms with van der Waals surface area (Å²) in [7, 11) is 0. The number of amides is 1. The molecule has 102 valence electrons. The van der Waals surface area contributed by atoms with E-state index in [0.29, 0.717) is 6.54 Å².